The van der Waals surface area contributed by atoms with Gasteiger partial charge in [0.15, 0.2) is 0 Å². The summed E-state index contributed by atoms with van der Waals surface area (Å²) in [5, 5.41) is 10.1. The van der Waals surface area contributed by atoms with Crippen molar-refractivity contribution in [2.24, 2.45) is 0 Å². The van der Waals surface area contributed by atoms with Gasteiger partial charge in [0.2, 0.25) is 0 Å². The van der Waals surface area contributed by atoms with Gasteiger partial charge in [-0.15, -0.1) is 0 Å². The van der Waals surface area contributed by atoms with Crippen LogP contribution in [-0.2, 0) is 11.3 Å². The van der Waals surface area contributed by atoms with Crippen molar-refractivity contribution in [1.29, 1.82) is 0 Å². The van der Waals surface area contributed by atoms with Crippen LogP contribution >= 0.6 is 0 Å². The van der Waals surface area contributed by atoms with E-state index in [0.717, 1.165) is 18.4 Å². The third kappa shape index (κ3) is 3.81. The Morgan fingerprint density at radius 2 is 2.20 bits per heavy atom. The Bertz CT molecular complexity index is 471. The van der Waals surface area contributed by atoms with E-state index in [1.165, 1.54) is 0 Å². The van der Waals surface area contributed by atoms with E-state index in [1.54, 1.807) is 7.11 Å². The quantitative estimate of drug-likeness (QED) is 0.921. The third-order valence-corrected chi connectivity index (χ3v) is 3.84. The van der Waals surface area contributed by atoms with Crippen LogP contribution in [0.3, 0.4) is 0 Å². The maximum absolute atomic E-state index is 12.5. The van der Waals surface area contributed by atoms with Crippen LogP contribution in [0.5, 0.6) is 0 Å². The second-order valence-corrected chi connectivity index (χ2v) is 5.78. The van der Waals surface area contributed by atoms with E-state index in [9.17, 15) is 9.90 Å². The second kappa shape index (κ2) is 6.37. The lowest BCUT2D eigenvalue weighted by Gasteiger charge is -2.22. The molecule has 1 heterocycles. The number of ether oxygens (including phenoxy) is 1. The molecule has 0 saturated carbocycles. The first-order chi connectivity index (χ1) is 9.52. The summed E-state index contributed by atoms with van der Waals surface area (Å²) in [6, 6.07) is 7.56. The van der Waals surface area contributed by atoms with Crippen LogP contribution < -0.4 is 0 Å². The third-order valence-electron chi connectivity index (χ3n) is 3.84. The summed E-state index contributed by atoms with van der Waals surface area (Å²) in [6.45, 7) is 3.68. The summed E-state index contributed by atoms with van der Waals surface area (Å²) in [4.78, 5) is 14.4. The number of amides is 1. The number of benzene rings is 1. The Morgan fingerprint density at radius 3 is 2.95 bits per heavy atom. The lowest BCUT2D eigenvalue weighted by Crippen LogP contribution is -2.33. The second-order valence-electron chi connectivity index (χ2n) is 5.78. The average Bonchev–Trinajstić information content (AvgIpc) is 2.60. The molecule has 1 aliphatic rings. The molecule has 0 spiro atoms. The zero-order valence-electron chi connectivity index (χ0n) is 12.3. The molecule has 1 aromatic carbocycles. The molecule has 1 aliphatic heterocycles. The smallest absolute Gasteiger partial charge is 0.253 e. The zero-order chi connectivity index (χ0) is 14.6. The zero-order valence-corrected chi connectivity index (χ0v) is 12.3. The van der Waals surface area contributed by atoms with Gasteiger partial charge in [0.1, 0.15) is 0 Å². The number of nitrogens with zero attached hydrogens (tertiary/aromatic N) is 1. The Balaban J connectivity index is 2.08. The van der Waals surface area contributed by atoms with E-state index in [2.05, 4.69) is 0 Å². The predicted octanol–water partition coefficient (Wildman–Crippen LogP) is 2.21. The Hall–Kier alpha value is -1.39. The van der Waals surface area contributed by atoms with Crippen molar-refractivity contribution in [1.82, 2.24) is 4.90 Å². The highest BCUT2D eigenvalue weighted by atomic mass is 16.5. The molecule has 1 amide bonds. The highest BCUT2D eigenvalue weighted by Crippen LogP contribution is 2.22. The lowest BCUT2D eigenvalue weighted by molar-refractivity contribution is 0.0438. The van der Waals surface area contributed by atoms with Crippen molar-refractivity contribution in [3.8, 4) is 0 Å². The molecule has 0 radical (unpaired) electrons. The normalized spacial score (nSPS) is 23.4. The highest BCUT2D eigenvalue weighted by Gasteiger charge is 2.27. The minimum Gasteiger partial charge on any atom is -0.390 e. The monoisotopic (exact) mass is 277 g/mol. The van der Waals surface area contributed by atoms with Gasteiger partial charge in [-0.05, 0) is 43.9 Å². The number of carbonyl (C=O) groups excluding carboxylic acids is 1. The molecule has 2 rings (SSSR count). The molecule has 4 nitrogen and oxygen atoms in total. The number of rotatable bonds is 3. The Labute approximate surface area is 120 Å². The van der Waals surface area contributed by atoms with Gasteiger partial charge in [-0.2, -0.15) is 0 Å². The summed E-state index contributed by atoms with van der Waals surface area (Å²) in [5.41, 5.74) is 1.05. The average molecular weight is 277 g/mol. The van der Waals surface area contributed by atoms with Crippen molar-refractivity contribution < 1.29 is 14.6 Å². The molecular formula is C16H23NO3. The number of hydrogen-bond donors (Lipinski definition) is 1. The van der Waals surface area contributed by atoms with Gasteiger partial charge in [0, 0.05) is 25.8 Å². The Kier molecular flexibility index (Phi) is 4.78. The Morgan fingerprint density at radius 1 is 1.40 bits per heavy atom. The molecule has 1 atom stereocenters. The number of methoxy groups -OCH3 is 1. The van der Waals surface area contributed by atoms with Gasteiger partial charge in [0.05, 0.1) is 12.2 Å². The summed E-state index contributed by atoms with van der Waals surface area (Å²) in [6.07, 6.45) is 2.23. The molecule has 0 aliphatic carbocycles. The van der Waals surface area contributed by atoms with Gasteiger partial charge in [0.25, 0.3) is 5.91 Å². The van der Waals surface area contributed by atoms with Gasteiger partial charge in [-0.1, -0.05) is 12.1 Å². The number of likely N-dealkylation sites (tertiary alicyclic amines) is 1. The maximum Gasteiger partial charge on any atom is 0.253 e. The van der Waals surface area contributed by atoms with E-state index < -0.39 is 5.60 Å². The van der Waals surface area contributed by atoms with Crippen LogP contribution in [0.25, 0.3) is 0 Å². The number of aliphatic hydroxyl groups is 1. The fraction of sp³-hybridized carbons (Fsp3) is 0.562. The van der Waals surface area contributed by atoms with E-state index in [0.29, 0.717) is 31.7 Å². The molecule has 1 aromatic rings. The minimum atomic E-state index is -0.646. The molecule has 1 fully saturated rings. The summed E-state index contributed by atoms with van der Waals surface area (Å²) in [5.74, 6) is 0.0423. The van der Waals surface area contributed by atoms with E-state index in [-0.39, 0.29) is 5.91 Å². The first kappa shape index (κ1) is 15.0. The fourth-order valence-electron chi connectivity index (χ4n) is 2.61. The van der Waals surface area contributed by atoms with Crippen LogP contribution in [0.4, 0.5) is 0 Å². The van der Waals surface area contributed by atoms with Crippen LogP contribution in [0.1, 0.15) is 42.1 Å². The van der Waals surface area contributed by atoms with Gasteiger partial charge in [-0.3, -0.25) is 4.79 Å². The van der Waals surface area contributed by atoms with Gasteiger partial charge < -0.3 is 14.7 Å². The minimum absolute atomic E-state index is 0.0423. The molecule has 0 bridgehead atoms. The van der Waals surface area contributed by atoms with Gasteiger partial charge >= 0.3 is 0 Å². The first-order valence-corrected chi connectivity index (χ1v) is 7.11. The van der Waals surface area contributed by atoms with Crippen molar-refractivity contribution in [2.75, 3.05) is 20.2 Å². The van der Waals surface area contributed by atoms with Crippen LogP contribution in [0, 0.1) is 0 Å². The summed E-state index contributed by atoms with van der Waals surface area (Å²) >= 11 is 0. The van der Waals surface area contributed by atoms with E-state index in [1.807, 2.05) is 36.1 Å². The van der Waals surface area contributed by atoms with E-state index >= 15 is 0 Å². The molecule has 110 valence electrons. The predicted molar refractivity (Wildman–Crippen MR) is 77.5 cm³/mol. The molecule has 1 saturated heterocycles. The highest BCUT2D eigenvalue weighted by molar-refractivity contribution is 5.94. The number of hydrogen-bond acceptors (Lipinski definition) is 3. The molecule has 20 heavy (non-hydrogen) atoms. The first-order valence-electron chi connectivity index (χ1n) is 7.11. The summed E-state index contributed by atoms with van der Waals surface area (Å²) < 4.78 is 5.10. The maximum atomic E-state index is 12.5. The topological polar surface area (TPSA) is 49.8 Å². The van der Waals surface area contributed by atoms with Crippen LogP contribution in [0.15, 0.2) is 24.3 Å². The summed E-state index contributed by atoms with van der Waals surface area (Å²) in [7, 11) is 1.64. The van der Waals surface area contributed by atoms with Gasteiger partial charge in [-0.25, -0.2) is 0 Å². The SMILES string of the molecule is COCc1cccc(C(=O)N2CCCC(C)(O)CC2)c1. The molecular weight excluding hydrogens is 254 g/mol. The van der Waals surface area contributed by atoms with Crippen LogP contribution in [-0.4, -0.2) is 41.7 Å². The molecule has 1 unspecified atom stereocenters. The molecule has 1 N–H and O–H groups in total. The molecule has 4 heteroatoms. The largest absolute Gasteiger partial charge is 0.390 e. The number of carbonyl (C=O) groups is 1. The fourth-order valence-corrected chi connectivity index (χ4v) is 2.61. The van der Waals surface area contributed by atoms with Crippen molar-refractivity contribution in [2.45, 2.75) is 38.4 Å². The van der Waals surface area contributed by atoms with Crippen molar-refractivity contribution in [3.05, 3.63) is 35.4 Å². The van der Waals surface area contributed by atoms with Crippen molar-refractivity contribution >= 4 is 5.91 Å². The standard InChI is InChI=1S/C16H23NO3/c1-16(19)7-4-9-17(10-8-16)15(18)14-6-3-5-13(11-14)12-20-2/h3,5-6,11,19H,4,7-10,12H2,1-2H3. The van der Waals surface area contributed by atoms with Crippen LogP contribution in [0.2, 0.25) is 0 Å². The van der Waals surface area contributed by atoms with Crippen molar-refractivity contribution in [3.63, 3.8) is 0 Å². The lowest BCUT2D eigenvalue weighted by atomic mass is 9.98. The molecule has 0 aromatic heterocycles. The van der Waals surface area contributed by atoms with E-state index in [4.69, 9.17) is 4.74 Å².